The van der Waals surface area contributed by atoms with Gasteiger partial charge in [-0.05, 0) is 28.7 Å². The summed E-state index contributed by atoms with van der Waals surface area (Å²) in [6.07, 6.45) is 2.84. The van der Waals surface area contributed by atoms with Crippen molar-refractivity contribution >= 4 is 33.6 Å². The van der Waals surface area contributed by atoms with E-state index < -0.39 is 0 Å². The molecule has 2 heterocycles. The third-order valence-corrected chi connectivity index (χ3v) is 2.37. The van der Waals surface area contributed by atoms with E-state index in [0.29, 0.717) is 5.52 Å². The lowest BCUT2D eigenvalue weighted by Crippen LogP contribution is -1.87. The van der Waals surface area contributed by atoms with Gasteiger partial charge in [-0.25, -0.2) is 4.39 Å². The molecule has 0 aliphatic rings. The summed E-state index contributed by atoms with van der Waals surface area (Å²) in [6, 6.07) is 3.22. The predicted molar refractivity (Wildman–Crippen MR) is 52.2 cm³/mol. The Hall–Kier alpha value is -0.780. The Morgan fingerprint density at radius 1 is 1.33 bits per heavy atom. The monoisotopic (exact) mass is 274 g/mol. The Morgan fingerprint density at radius 2 is 2.17 bits per heavy atom. The number of pyridine rings is 2. The topological polar surface area (TPSA) is 25.8 Å². The number of hydrogen-bond donors (Lipinski definition) is 0. The highest BCUT2D eigenvalue weighted by Crippen LogP contribution is 2.15. The maximum absolute atomic E-state index is 12.7. The number of halogens is 2. The van der Waals surface area contributed by atoms with Crippen LogP contribution in [0.1, 0.15) is 0 Å². The molecule has 0 radical (unpaired) electrons. The van der Waals surface area contributed by atoms with E-state index in [2.05, 4.69) is 32.6 Å². The van der Waals surface area contributed by atoms with Gasteiger partial charge in [0.1, 0.15) is 11.3 Å². The molecule has 0 spiro atoms. The highest BCUT2D eigenvalue weighted by Gasteiger charge is 2.00. The summed E-state index contributed by atoms with van der Waals surface area (Å²) in [5, 5.41) is 0. The van der Waals surface area contributed by atoms with Crippen molar-refractivity contribution in [3.63, 3.8) is 0 Å². The van der Waals surface area contributed by atoms with Crippen LogP contribution in [0.15, 0.2) is 24.5 Å². The van der Waals surface area contributed by atoms with E-state index in [-0.39, 0.29) is 5.82 Å². The normalized spacial score (nSPS) is 10.5. The van der Waals surface area contributed by atoms with Crippen molar-refractivity contribution in [1.82, 2.24) is 9.97 Å². The zero-order valence-electron chi connectivity index (χ0n) is 5.96. The smallest absolute Gasteiger partial charge is 0.143 e. The van der Waals surface area contributed by atoms with Gasteiger partial charge in [-0.15, -0.1) is 0 Å². The minimum atomic E-state index is -0.350. The van der Waals surface area contributed by atoms with E-state index in [1.54, 1.807) is 6.20 Å². The van der Waals surface area contributed by atoms with Crippen LogP contribution in [0.3, 0.4) is 0 Å². The molecule has 0 bridgehead atoms. The molecule has 4 heteroatoms. The predicted octanol–water partition coefficient (Wildman–Crippen LogP) is 2.37. The lowest BCUT2D eigenvalue weighted by Gasteiger charge is -1.97. The molecule has 2 rings (SSSR count). The second-order valence-electron chi connectivity index (χ2n) is 2.31. The largest absolute Gasteiger partial charge is 0.254 e. The van der Waals surface area contributed by atoms with Gasteiger partial charge in [-0.1, -0.05) is 0 Å². The van der Waals surface area contributed by atoms with E-state index in [9.17, 15) is 4.39 Å². The maximum Gasteiger partial charge on any atom is 0.143 e. The maximum atomic E-state index is 12.7. The van der Waals surface area contributed by atoms with Gasteiger partial charge in [0.25, 0.3) is 0 Å². The van der Waals surface area contributed by atoms with Gasteiger partial charge in [0.15, 0.2) is 0 Å². The molecule has 0 saturated carbocycles. The van der Waals surface area contributed by atoms with Crippen molar-refractivity contribution in [3.05, 3.63) is 33.9 Å². The van der Waals surface area contributed by atoms with Crippen LogP contribution in [0, 0.1) is 9.39 Å². The van der Waals surface area contributed by atoms with Crippen LogP contribution in [0.25, 0.3) is 11.0 Å². The summed E-state index contributed by atoms with van der Waals surface area (Å²) < 4.78 is 13.6. The van der Waals surface area contributed by atoms with Gasteiger partial charge in [-0.3, -0.25) is 9.97 Å². The van der Waals surface area contributed by atoms with Crippen LogP contribution in [0.4, 0.5) is 4.39 Å². The SMILES string of the molecule is Fc1cnc2c(I)ccnc2c1. The van der Waals surface area contributed by atoms with Crippen molar-refractivity contribution in [2.75, 3.05) is 0 Å². The zero-order chi connectivity index (χ0) is 8.55. The van der Waals surface area contributed by atoms with Gasteiger partial charge in [0.2, 0.25) is 0 Å². The molecule has 0 aliphatic heterocycles. The lowest BCUT2D eigenvalue weighted by atomic mass is 10.3. The van der Waals surface area contributed by atoms with E-state index in [4.69, 9.17) is 0 Å². The average Bonchev–Trinajstić information content (AvgIpc) is 2.04. The third kappa shape index (κ3) is 1.26. The second-order valence-corrected chi connectivity index (χ2v) is 3.48. The highest BCUT2D eigenvalue weighted by atomic mass is 127. The molecule has 12 heavy (non-hydrogen) atoms. The van der Waals surface area contributed by atoms with E-state index >= 15 is 0 Å². The van der Waals surface area contributed by atoms with Gasteiger partial charge < -0.3 is 0 Å². The van der Waals surface area contributed by atoms with Crippen LogP contribution < -0.4 is 0 Å². The van der Waals surface area contributed by atoms with Gasteiger partial charge in [0, 0.05) is 15.8 Å². The van der Waals surface area contributed by atoms with Crippen molar-refractivity contribution in [2.45, 2.75) is 0 Å². The molecule has 0 N–H and O–H groups in total. The fourth-order valence-corrected chi connectivity index (χ4v) is 1.55. The van der Waals surface area contributed by atoms with Crippen molar-refractivity contribution in [2.24, 2.45) is 0 Å². The Morgan fingerprint density at radius 3 is 3.00 bits per heavy atom. The zero-order valence-corrected chi connectivity index (χ0v) is 8.12. The number of hydrogen-bond acceptors (Lipinski definition) is 2. The van der Waals surface area contributed by atoms with Gasteiger partial charge >= 0.3 is 0 Å². The molecule has 0 aromatic carbocycles. The quantitative estimate of drug-likeness (QED) is 0.689. The van der Waals surface area contributed by atoms with Crippen molar-refractivity contribution < 1.29 is 4.39 Å². The molecular weight excluding hydrogens is 270 g/mol. The first-order chi connectivity index (χ1) is 5.77. The molecule has 2 aromatic rings. The number of rotatable bonds is 0. The first-order valence-corrected chi connectivity index (χ1v) is 4.41. The summed E-state index contributed by atoms with van der Waals surface area (Å²) >= 11 is 2.14. The summed E-state index contributed by atoms with van der Waals surface area (Å²) in [7, 11) is 0. The van der Waals surface area contributed by atoms with Crippen molar-refractivity contribution in [3.8, 4) is 0 Å². The summed E-state index contributed by atoms with van der Waals surface area (Å²) in [5.41, 5.74) is 1.35. The van der Waals surface area contributed by atoms with Crippen LogP contribution in [0.2, 0.25) is 0 Å². The molecular formula is C8H4FIN2. The molecule has 2 nitrogen and oxygen atoms in total. The standard InChI is InChI=1S/C8H4FIN2/c9-5-3-7-8(12-4-5)6(10)1-2-11-7/h1-4H. The fourth-order valence-electron chi connectivity index (χ4n) is 0.973. The Bertz CT molecular complexity index is 430. The van der Waals surface area contributed by atoms with Crippen LogP contribution >= 0.6 is 22.6 Å². The first kappa shape index (κ1) is 7.85. The summed E-state index contributed by atoms with van der Waals surface area (Å²) in [4.78, 5) is 7.93. The second kappa shape index (κ2) is 2.93. The van der Waals surface area contributed by atoms with Crippen LogP contribution in [0.5, 0.6) is 0 Å². The van der Waals surface area contributed by atoms with Gasteiger partial charge in [0.05, 0.1) is 11.7 Å². The first-order valence-electron chi connectivity index (χ1n) is 3.33. The Labute approximate surface area is 82.0 Å². The fraction of sp³-hybridized carbons (Fsp3) is 0. The van der Waals surface area contributed by atoms with Crippen LogP contribution in [-0.2, 0) is 0 Å². The minimum Gasteiger partial charge on any atom is -0.254 e. The number of aromatic nitrogens is 2. The number of fused-ring (bicyclic) bond motifs is 1. The van der Waals surface area contributed by atoms with Gasteiger partial charge in [-0.2, -0.15) is 0 Å². The lowest BCUT2D eigenvalue weighted by molar-refractivity contribution is 0.624. The van der Waals surface area contributed by atoms with E-state index in [0.717, 1.165) is 9.09 Å². The molecule has 0 amide bonds. The molecule has 0 saturated heterocycles. The average molecular weight is 274 g/mol. The van der Waals surface area contributed by atoms with Crippen LogP contribution in [-0.4, -0.2) is 9.97 Å². The molecule has 0 unspecified atom stereocenters. The molecule has 60 valence electrons. The van der Waals surface area contributed by atoms with E-state index in [1.165, 1.54) is 12.3 Å². The molecule has 0 atom stereocenters. The number of nitrogens with zero attached hydrogens (tertiary/aromatic N) is 2. The summed E-state index contributed by atoms with van der Waals surface area (Å²) in [5.74, 6) is -0.350. The minimum absolute atomic E-state index is 0.350. The molecule has 0 aliphatic carbocycles. The molecule has 0 fully saturated rings. The molecule has 2 aromatic heterocycles. The Kier molecular flexibility index (Phi) is 1.92. The Balaban J connectivity index is 2.86. The van der Waals surface area contributed by atoms with E-state index in [1.807, 2.05) is 6.07 Å². The summed E-state index contributed by atoms with van der Waals surface area (Å²) in [6.45, 7) is 0. The highest BCUT2D eigenvalue weighted by molar-refractivity contribution is 14.1. The third-order valence-electron chi connectivity index (χ3n) is 1.49. The van der Waals surface area contributed by atoms with Crippen molar-refractivity contribution in [1.29, 1.82) is 0 Å².